The Morgan fingerprint density at radius 1 is 1.00 bits per heavy atom. The van der Waals surface area contributed by atoms with Gasteiger partial charge in [0.2, 0.25) is 0 Å². The monoisotopic (exact) mass is 487 g/mol. The minimum atomic E-state index is -0.0433. The lowest BCUT2D eigenvalue weighted by Crippen LogP contribution is -2.24. The van der Waals surface area contributed by atoms with Crippen molar-refractivity contribution in [2.24, 2.45) is 5.92 Å². The molecule has 3 aromatic rings. The summed E-state index contributed by atoms with van der Waals surface area (Å²) >= 11 is 12.4. The van der Waals surface area contributed by atoms with Crippen molar-refractivity contribution in [1.82, 2.24) is 14.9 Å². The Balaban J connectivity index is 1.72. The van der Waals surface area contributed by atoms with Crippen LogP contribution in [0.2, 0.25) is 10.0 Å². The van der Waals surface area contributed by atoms with E-state index < -0.39 is 0 Å². The summed E-state index contributed by atoms with van der Waals surface area (Å²) in [5.41, 5.74) is 3.39. The molecule has 0 saturated carbocycles. The zero-order valence-corrected chi connectivity index (χ0v) is 21.5. The largest absolute Gasteiger partial charge is 0.352 e. The third kappa shape index (κ3) is 6.97. The molecule has 0 spiro atoms. The van der Waals surface area contributed by atoms with E-state index in [9.17, 15) is 4.79 Å². The second kappa shape index (κ2) is 12.4. The molecule has 0 saturated heterocycles. The number of benzene rings is 2. The third-order valence-electron chi connectivity index (χ3n) is 5.92. The van der Waals surface area contributed by atoms with Crippen molar-refractivity contribution < 1.29 is 4.79 Å². The van der Waals surface area contributed by atoms with Gasteiger partial charge in [-0.2, -0.15) is 0 Å². The standard InChI is InChI=1S/C27H35Cl2N3O/c1-4-5-16-32-25-14-12-21(27(33)30-15-9-7-6-8-10-19(2)3)18-24(25)31-26(32)20-11-13-22(28)23(29)17-20/h11-14,17-19H,4-10,15-16H2,1-3H3,(H,30,33). The average molecular weight is 489 g/mol. The van der Waals surface area contributed by atoms with E-state index in [1.165, 1.54) is 19.3 Å². The van der Waals surface area contributed by atoms with Gasteiger partial charge in [-0.15, -0.1) is 0 Å². The highest BCUT2D eigenvalue weighted by molar-refractivity contribution is 6.42. The van der Waals surface area contributed by atoms with E-state index in [-0.39, 0.29) is 5.91 Å². The van der Waals surface area contributed by atoms with Gasteiger partial charge in [-0.3, -0.25) is 4.79 Å². The summed E-state index contributed by atoms with van der Waals surface area (Å²) in [5, 5.41) is 4.09. The number of amides is 1. The summed E-state index contributed by atoms with van der Waals surface area (Å²) in [6.07, 6.45) is 8.07. The first-order chi connectivity index (χ1) is 15.9. The number of hydrogen-bond donors (Lipinski definition) is 1. The van der Waals surface area contributed by atoms with Gasteiger partial charge in [0.05, 0.1) is 21.1 Å². The number of nitrogens with one attached hydrogen (secondary N) is 1. The molecule has 0 aliphatic carbocycles. The van der Waals surface area contributed by atoms with Crippen LogP contribution >= 0.6 is 23.2 Å². The van der Waals surface area contributed by atoms with Crippen molar-refractivity contribution in [3.05, 3.63) is 52.0 Å². The minimum absolute atomic E-state index is 0.0433. The maximum Gasteiger partial charge on any atom is 0.251 e. The van der Waals surface area contributed by atoms with E-state index >= 15 is 0 Å². The van der Waals surface area contributed by atoms with Crippen molar-refractivity contribution in [2.45, 2.75) is 72.3 Å². The smallest absolute Gasteiger partial charge is 0.251 e. The maximum atomic E-state index is 12.7. The summed E-state index contributed by atoms with van der Waals surface area (Å²) in [7, 11) is 0. The molecule has 0 unspecified atom stereocenters. The lowest BCUT2D eigenvalue weighted by atomic mass is 10.0. The molecule has 0 radical (unpaired) electrons. The van der Waals surface area contributed by atoms with E-state index in [4.69, 9.17) is 28.2 Å². The number of imidazole rings is 1. The normalized spacial score (nSPS) is 11.5. The van der Waals surface area contributed by atoms with E-state index in [1.807, 2.05) is 30.3 Å². The summed E-state index contributed by atoms with van der Waals surface area (Å²) < 4.78 is 2.21. The first kappa shape index (κ1) is 25.6. The highest BCUT2D eigenvalue weighted by Gasteiger charge is 2.15. The van der Waals surface area contributed by atoms with Crippen LogP contribution in [0, 0.1) is 5.92 Å². The Bertz CT molecular complexity index is 1070. The van der Waals surface area contributed by atoms with Gasteiger partial charge in [-0.05, 0) is 55.2 Å². The molecule has 33 heavy (non-hydrogen) atoms. The Labute approximate surface area is 207 Å². The summed E-state index contributed by atoms with van der Waals surface area (Å²) in [6, 6.07) is 11.4. The fourth-order valence-corrected chi connectivity index (χ4v) is 4.30. The number of carbonyl (C=O) groups excluding carboxylic acids is 1. The molecule has 0 aliphatic heterocycles. The molecule has 3 rings (SSSR count). The van der Waals surface area contributed by atoms with Gasteiger partial charge in [-0.25, -0.2) is 4.98 Å². The van der Waals surface area contributed by atoms with Crippen molar-refractivity contribution in [1.29, 1.82) is 0 Å². The zero-order chi connectivity index (χ0) is 23.8. The van der Waals surface area contributed by atoms with Gasteiger partial charge in [0.25, 0.3) is 5.91 Å². The number of aryl methyl sites for hydroxylation is 1. The van der Waals surface area contributed by atoms with Crippen LogP contribution in [-0.4, -0.2) is 22.0 Å². The molecule has 2 aromatic carbocycles. The first-order valence-corrected chi connectivity index (χ1v) is 12.9. The first-order valence-electron chi connectivity index (χ1n) is 12.1. The predicted molar refractivity (Wildman–Crippen MR) is 140 cm³/mol. The van der Waals surface area contributed by atoms with Crippen LogP contribution in [0.25, 0.3) is 22.4 Å². The van der Waals surface area contributed by atoms with Crippen LogP contribution in [0.15, 0.2) is 36.4 Å². The maximum absolute atomic E-state index is 12.7. The van der Waals surface area contributed by atoms with Gasteiger partial charge in [0.15, 0.2) is 0 Å². The fourth-order valence-electron chi connectivity index (χ4n) is 4.00. The molecule has 0 bridgehead atoms. The number of halogens is 2. The molecule has 178 valence electrons. The highest BCUT2D eigenvalue weighted by atomic mass is 35.5. The molecule has 6 heteroatoms. The molecular formula is C27H35Cl2N3O. The van der Waals surface area contributed by atoms with Gasteiger partial charge in [0.1, 0.15) is 5.82 Å². The van der Waals surface area contributed by atoms with Crippen LogP contribution < -0.4 is 5.32 Å². The number of unbranched alkanes of at least 4 members (excludes halogenated alkanes) is 4. The van der Waals surface area contributed by atoms with Crippen molar-refractivity contribution in [3.8, 4) is 11.4 Å². The molecule has 1 amide bonds. The summed E-state index contributed by atoms with van der Waals surface area (Å²) in [6.45, 7) is 8.25. The van der Waals surface area contributed by atoms with Gasteiger partial charge >= 0.3 is 0 Å². The van der Waals surface area contributed by atoms with E-state index in [0.717, 1.165) is 60.6 Å². The Hall–Kier alpha value is -2.04. The molecule has 1 aromatic heterocycles. The molecular weight excluding hydrogens is 453 g/mol. The average Bonchev–Trinajstić information content (AvgIpc) is 3.16. The number of fused-ring (bicyclic) bond motifs is 1. The Kier molecular flexibility index (Phi) is 9.64. The number of rotatable bonds is 12. The molecule has 1 heterocycles. The molecule has 0 aliphatic rings. The predicted octanol–water partition coefficient (Wildman–Crippen LogP) is 8.15. The molecule has 4 nitrogen and oxygen atoms in total. The SMILES string of the molecule is CCCCn1c(-c2ccc(Cl)c(Cl)c2)nc2cc(C(=O)NCCCCCCC(C)C)ccc21. The highest BCUT2D eigenvalue weighted by Crippen LogP contribution is 2.31. The quantitative estimate of drug-likeness (QED) is 0.262. The Morgan fingerprint density at radius 2 is 1.79 bits per heavy atom. The second-order valence-corrected chi connectivity index (χ2v) is 9.94. The number of aromatic nitrogens is 2. The molecule has 1 N–H and O–H groups in total. The lowest BCUT2D eigenvalue weighted by molar-refractivity contribution is 0.0953. The summed E-state index contributed by atoms with van der Waals surface area (Å²) in [5.74, 6) is 1.57. The van der Waals surface area contributed by atoms with Crippen LogP contribution in [0.3, 0.4) is 0 Å². The minimum Gasteiger partial charge on any atom is -0.352 e. The fraction of sp³-hybridized carbons (Fsp3) is 0.481. The van der Waals surface area contributed by atoms with Crippen LogP contribution in [0.5, 0.6) is 0 Å². The van der Waals surface area contributed by atoms with Gasteiger partial charge < -0.3 is 9.88 Å². The Morgan fingerprint density at radius 3 is 2.52 bits per heavy atom. The van der Waals surface area contributed by atoms with Crippen LogP contribution in [-0.2, 0) is 6.54 Å². The zero-order valence-electron chi connectivity index (χ0n) is 20.0. The van der Waals surface area contributed by atoms with Gasteiger partial charge in [-0.1, -0.05) is 76.1 Å². The number of hydrogen-bond acceptors (Lipinski definition) is 2. The van der Waals surface area contributed by atoms with E-state index in [2.05, 4.69) is 30.7 Å². The number of nitrogens with zero attached hydrogens (tertiary/aromatic N) is 2. The molecule has 0 atom stereocenters. The second-order valence-electron chi connectivity index (χ2n) is 9.13. The van der Waals surface area contributed by atoms with Crippen molar-refractivity contribution >= 4 is 40.1 Å². The van der Waals surface area contributed by atoms with Crippen LogP contribution in [0.4, 0.5) is 0 Å². The van der Waals surface area contributed by atoms with Crippen LogP contribution in [0.1, 0.15) is 76.1 Å². The number of carbonyl (C=O) groups is 1. The van der Waals surface area contributed by atoms with E-state index in [1.54, 1.807) is 6.07 Å². The molecule has 0 fully saturated rings. The van der Waals surface area contributed by atoms with E-state index in [0.29, 0.717) is 22.2 Å². The topological polar surface area (TPSA) is 46.9 Å². The summed E-state index contributed by atoms with van der Waals surface area (Å²) in [4.78, 5) is 17.6. The van der Waals surface area contributed by atoms with Crippen molar-refractivity contribution in [2.75, 3.05) is 6.54 Å². The third-order valence-corrected chi connectivity index (χ3v) is 6.66. The van der Waals surface area contributed by atoms with Crippen molar-refractivity contribution in [3.63, 3.8) is 0 Å². The van der Waals surface area contributed by atoms with Gasteiger partial charge in [0, 0.05) is 24.2 Å². The lowest BCUT2D eigenvalue weighted by Gasteiger charge is -2.10.